The predicted molar refractivity (Wildman–Crippen MR) is 77.6 cm³/mol. The Kier molecular flexibility index (Phi) is 4.57. The van der Waals surface area contributed by atoms with Crippen molar-refractivity contribution in [2.24, 2.45) is 5.73 Å². The number of carbonyl (C=O) groups is 1. The summed E-state index contributed by atoms with van der Waals surface area (Å²) in [5, 5.41) is 3.77. The Bertz CT molecular complexity index is 596. The van der Waals surface area contributed by atoms with Gasteiger partial charge in [-0.3, -0.25) is 4.79 Å². The van der Waals surface area contributed by atoms with Crippen LogP contribution in [0, 0.1) is 0 Å². The van der Waals surface area contributed by atoms with E-state index in [2.05, 4.69) is 5.32 Å². The summed E-state index contributed by atoms with van der Waals surface area (Å²) >= 11 is 0. The average Bonchev–Trinajstić information content (AvgIpc) is 2.76. The van der Waals surface area contributed by atoms with E-state index in [4.69, 9.17) is 5.73 Å². The molecule has 0 saturated heterocycles. The van der Waals surface area contributed by atoms with Crippen molar-refractivity contribution < 1.29 is 13.2 Å². The molecule has 0 aliphatic carbocycles. The summed E-state index contributed by atoms with van der Waals surface area (Å²) in [5.74, 6) is -0.392. The Balaban J connectivity index is 1.80. The van der Waals surface area contributed by atoms with Gasteiger partial charge in [0.1, 0.15) is 0 Å². The van der Waals surface area contributed by atoms with E-state index in [-0.39, 0.29) is 11.7 Å². The van der Waals surface area contributed by atoms with Crippen LogP contribution in [0.4, 0.5) is 0 Å². The Hall–Kier alpha value is -1.66. The Morgan fingerprint density at radius 3 is 2.65 bits per heavy atom. The maximum absolute atomic E-state index is 11.9. The number of carbonyl (C=O) groups excluding carboxylic acids is 1. The monoisotopic (exact) mass is 294 g/mol. The minimum atomic E-state index is -3.16. The van der Waals surface area contributed by atoms with Gasteiger partial charge in [-0.2, -0.15) is 0 Å². The summed E-state index contributed by atoms with van der Waals surface area (Å²) in [5.41, 5.74) is 6.95. The van der Waals surface area contributed by atoms with Gasteiger partial charge in [0.2, 0.25) is 5.91 Å². The molecule has 20 heavy (non-hydrogen) atoms. The second-order valence-corrected chi connectivity index (χ2v) is 6.84. The molecule has 1 aliphatic heterocycles. The van der Waals surface area contributed by atoms with Gasteiger partial charge in [0, 0.05) is 5.41 Å². The van der Waals surface area contributed by atoms with Crippen molar-refractivity contribution in [1.82, 2.24) is 5.32 Å². The summed E-state index contributed by atoms with van der Waals surface area (Å²) in [4.78, 5) is 11.9. The van der Waals surface area contributed by atoms with Crippen LogP contribution in [0.2, 0.25) is 0 Å². The van der Waals surface area contributed by atoms with Gasteiger partial charge in [0.25, 0.3) is 0 Å². The third kappa shape index (κ3) is 4.18. The molecule has 6 heteroatoms. The number of amides is 1. The van der Waals surface area contributed by atoms with Crippen molar-refractivity contribution in [3.05, 3.63) is 47.4 Å². The van der Waals surface area contributed by atoms with Crippen LogP contribution in [0.15, 0.2) is 41.8 Å². The summed E-state index contributed by atoms with van der Waals surface area (Å²) in [7, 11) is -3.16. The van der Waals surface area contributed by atoms with E-state index < -0.39 is 21.9 Å². The first-order valence-corrected chi connectivity index (χ1v) is 8.19. The Morgan fingerprint density at radius 2 is 2.05 bits per heavy atom. The van der Waals surface area contributed by atoms with Crippen molar-refractivity contribution >= 4 is 15.7 Å². The molecular weight excluding hydrogens is 276 g/mol. The largest absolute Gasteiger partial charge is 0.347 e. The minimum absolute atomic E-state index is 0.0792. The summed E-state index contributed by atoms with van der Waals surface area (Å²) < 4.78 is 22.5. The lowest BCUT2D eigenvalue weighted by Crippen LogP contribution is -2.45. The molecule has 5 nitrogen and oxygen atoms in total. The van der Waals surface area contributed by atoms with E-state index >= 15 is 0 Å². The van der Waals surface area contributed by atoms with E-state index in [1.54, 1.807) is 0 Å². The van der Waals surface area contributed by atoms with E-state index in [1.807, 2.05) is 30.3 Å². The van der Waals surface area contributed by atoms with Crippen LogP contribution in [0.3, 0.4) is 0 Å². The second kappa shape index (κ2) is 6.19. The van der Waals surface area contributed by atoms with Crippen LogP contribution in [-0.4, -0.2) is 32.2 Å². The molecule has 1 aliphatic rings. The Labute approximate surface area is 118 Å². The summed E-state index contributed by atoms with van der Waals surface area (Å²) in [6, 6.07) is 8.68. The quantitative estimate of drug-likeness (QED) is 0.821. The topological polar surface area (TPSA) is 89.3 Å². The lowest BCUT2D eigenvalue weighted by molar-refractivity contribution is -0.122. The zero-order valence-corrected chi connectivity index (χ0v) is 11.8. The number of benzene rings is 1. The van der Waals surface area contributed by atoms with Crippen molar-refractivity contribution in [3.63, 3.8) is 0 Å². The first kappa shape index (κ1) is 14.7. The van der Waals surface area contributed by atoms with Gasteiger partial charge in [-0.15, -0.1) is 0 Å². The number of nitrogens with one attached hydrogen (secondary N) is 1. The van der Waals surface area contributed by atoms with Gasteiger partial charge < -0.3 is 11.1 Å². The van der Waals surface area contributed by atoms with Crippen molar-refractivity contribution in [2.45, 2.75) is 24.9 Å². The lowest BCUT2D eigenvalue weighted by atomic mass is 10.1. The first-order valence-electron chi connectivity index (χ1n) is 6.47. The van der Waals surface area contributed by atoms with Crippen LogP contribution in [0.25, 0.3) is 0 Å². The second-order valence-electron chi connectivity index (χ2n) is 4.90. The van der Waals surface area contributed by atoms with Gasteiger partial charge in [0.05, 0.1) is 17.8 Å². The molecule has 0 spiro atoms. The molecule has 108 valence electrons. The van der Waals surface area contributed by atoms with Crippen molar-refractivity contribution in [2.75, 3.05) is 5.75 Å². The van der Waals surface area contributed by atoms with Crippen LogP contribution in [0.5, 0.6) is 0 Å². The van der Waals surface area contributed by atoms with E-state index in [0.29, 0.717) is 12.8 Å². The third-order valence-electron chi connectivity index (χ3n) is 3.18. The highest BCUT2D eigenvalue weighted by molar-refractivity contribution is 7.94. The molecule has 1 heterocycles. The highest BCUT2D eigenvalue weighted by Gasteiger charge is 2.24. The van der Waals surface area contributed by atoms with Gasteiger partial charge >= 0.3 is 0 Å². The highest BCUT2D eigenvalue weighted by Crippen LogP contribution is 2.09. The fourth-order valence-electron chi connectivity index (χ4n) is 2.05. The van der Waals surface area contributed by atoms with Gasteiger partial charge in [0.15, 0.2) is 9.84 Å². The van der Waals surface area contributed by atoms with Gasteiger partial charge in [-0.25, -0.2) is 8.42 Å². The smallest absolute Gasteiger partial charge is 0.237 e. The summed E-state index contributed by atoms with van der Waals surface area (Å²) in [6.45, 7) is 0. The fourth-order valence-corrected chi connectivity index (χ4v) is 3.29. The van der Waals surface area contributed by atoms with Crippen molar-refractivity contribution in [3.8, 4) is 0 Å². The minimum Gasteiger partial charge on any atom is -0.347 e. The average molecular weight is 294 g/mol. The zero-order chi connectivity index (χ0) is 14.6. The first-order chi connectivity index (χ1) is 9.46. The van der Waals surface area contributed by atoms with Crippen molar-refractivity contribution in [1.29, 1.82) is 0 Å². The standard InChI is InChI=1S/C14H18N2O3S/c15-13(7-6-11-4-2-1-3-5-11)14(17)16-12-8-9-20(18,19)10-12/h1-5,8-9,12-13H,6-7,10,15H2,(H,16,17)/t12?,13-/m0/s1. The Morgan fingerprint density at radius 1 is 1.35 bits per heavy atom. The molecule has 3 N–H and O–H groups in total. The number of aryl methyl sites for hydroxylation is 1. The molecule has 0 radical (unpaired) electrons. The molecule has 2 atom stereocenters. The molecule has 1 amide bonds. The molecule has 0 aromatic heterocycles. The number of hydrogen-bond donors (Lipinski definition) is 2. The van der Waals surface area contributed by atoms with E-state index in [1.165, 1.54) is 6.08 Å². The van der Waals surface area contributed by atoms with Crippen LogP contribution in [0.1, 0.15) is 12.0 Å². The molecule has 0 bridgehead atoms. The maximum atomic E-state index is 11.9. The van der Waals surface area contributed by atoms with E-state index in [9.17, 15) is 13.2 Å². The SMILES string of the molecule is N[C@@H](CCc1ccccc1)C(=O)NC1C=CS(=O)(=O)C1. The van der Waals surface area contributed by atoms with Gasteiger partial charge in [-0.1, -0.05) is 30.3 Å². The number of nitrogens with two attached hydrogens (primary N) is 1. The number of sulfone groups is 1. The molecular formula is C14H18N2O3S. The molecule has 1 aromatic rings. The molecule has 1 aromatic carbocycles. The zero-order valence-electron chi connectivity index (χ0n) is 11.0. The molecule has 2 rings (SSSR count). The molecule has 1 unspecified atom stereocenters. The van der Waals surface area contributed by atoms with Crippen LogP contribution in [-0.2, 0) is 21.1 Å². The number of rotatable bonds is 5. The van der Waals surface area contributed by atoms with Crippen LogP contribution >= 0.6 is 0 Å². The molecule has 0 saturated carbocycles. The normalized spacial score (nSPS) is 21.6. The lowest BCUT2D eigenvalue weighted by Gasteiger charge is -2.15. The maximum Gasteiger partial charge on any atom is 0.237 e. The van der Waals surface area contributed by atoms with E-state index in [0.717, 1.165) is 11.0 Å². The fraction of sp³-hybridized carbons (Fsp3) is 0.357. The third-order valence-corrected chi connectivity index (χ3v) is 4.58. The number of hydrogen-bond acceptors (Lipinski definition) is 4. The summed E-state index contributed by atoms with van der Waals surface area (Å²) in [6.07, 6.45) is 2.73. The molecule has 0 fully saturated rings. The highest BCUT2D eigenvalue weighted by atomic mass is 32.2. The van der Waals surface area contributed by atoms with Gasteiger partial charge in [-0.05, 0) is 24.5 Å². The predicted octanol–water partition coefficient (Wildman–Crippen LogP) is 0.373. The van der Waals surface area contributed by atoms with Crippen LogP contribution < -0.4 is 11.1 Å².